The molecule has 1 saturated carbocycles. The number of nitrogens with zero attached hydrogens (tertiary/aromatic N) is 4. The lowest BCUT2D eigenvalue weighted by Gasteiger charge is -2.22. The molecule has 1 aliphatic carbocycles. The zero-order valence-corrected chi connectivity index (χ0v) is 15.9. The largest absolute Gasteiger partial charge is 0.381 e. The minimum Gasteiger partial charge on any atom is -0.381 e. The first-order valence-electron chi connectivity index (χ1n) is 10.3. The molecule has 2 aliphatic rings. The topological polar surface area (TPSA) is 85.7 Å². The second-order valence-electron chi connectivity index (χ2n) is 8.04. The van der Waals surface area contributed by atoms with Crippen LogP contribution in [0.4, 0.5) is 0 Å². The Morgan fingerprint density at radius 1 is 1.18 bits per heavy atom. The lowest BCUT2D eigenvalue weighted by molar-refractivity contribution is 0.0594. The molecule has 0 unspecified atom stereocenters. The van der Waals surface area contributed by atoms with Gasteiger partial charge in [-0.3, -0.25) is 9.89 Å². The van der Waals surface area contributed by atoms with E-state index in [0.717, 1.165) is 74.7 Å². The van der Waals surface area contributed by atoms with Crippen molar-refractivity contribution < 1.29 is 9.53 Å². The number of rotatable bonds is 5. The maximum Gasteiger partial charge on any atom is 0.186 e. The van der Waals surface area contributed by atoms with Crippen molar-refractivity contribution in [3.05, 3.63) is 30.1 Å². The number of benzene rings is 1. The molecule has 2 fully saturated rings. The lowest BCUT2D eigenvalue weighted by Crippen LogP contribution is -2.24. The van der Waals surface area contributed by atoms with E-state index in [9.17, 15) is 4.79 Å². The summed E-state index contributed by atoms with van der Waals surface area (Å²) >= 11 is 0. The first kappa shape index (κ1) is 17.6. The van der Waals surface area contributed by atoms with Crippen molar-refractivity contribution in [2.75, 3.05) is 13.2 Å². The molecule has 5 rings (SSSR count). The van der Waals surface area contributed by atoms with Crippen LogP contribution in [0.1, 0.15) is 49.0 Å². The Morgan fingerprint density at radius 3 is 2.82 bits per heavy atom. The molecule has 3 heterocycles. The maximum absolute atomic E-state index is 13.4. The van der Waals surface area contributed by atoms with Gasteiger partial charge in [0.05, 0.1) is 11.7 Å². The van der Waals surface area contributed by atoms with E-state index in [1.807, 2.05) is 22.9 Å². The van der Waals surface area contributed by atoms with Crippen LogP contribution in [0.25, 0.3) is 22.2 Å². The number of carbonyl (C=O) groups is 1. The Labute approximate surface area is 163 Å². The van der Waals surface area contributed by atoms with Crippen LogP contribution in [-0.4, -0.2) is 44.2 Å². The van der Waals surface area contributed by atoms with Crippen molar-refractivity contribution in [3.8, 4) is 11.3 Å². The number of nitrogens with one attached hydrogen (secondary N) is 1. The van der Waals surface area contributed by atoms with Gasteiger partial charge in [-0.15, -0.1) is 5.10 Å². The molecule has 1 saturated heterocycles. The normalized spacial score (nSPS) is 18.9. The summed E-state index contributed by atoms with van der Waals surface area (Å²) in [5.74, 6) is 0.787. The molecule has 1 N–H and O–H groups in total. The third-order valence-corrected chi connectivity index (χ3v) is 6.18. The van der Waals surface area contributed by atoms with Crippen molar-refractivity contribution in [1.29, 1.82) is 0 Å². The fraction of sp³-hybridized carbons (Fsp3) is 0.524. The van der Waals surface area contributed by atoms with Crippen molar-refractivity contribution >= 4 is 16.7 Å². The standard InChI is InChI=1S/C21H25N5O2/c27-21(15-3-1-2-4-15)20-19(16-5-6-18-17(11-16)12-22-23-18)24-25-26(20)13-14-7-9-28-10-8-14/h5-6,11-12,14-15H,1-4,7-10,13H2,(H,22,23). The number of Topliss-reactive ketones (excluding diaryl/α,β-unsaturated/α-hetero) is 1. The van der Waals surface area contributed by atoms with Crippen molar-refractivity contribution in [2.24, 2.45) is 11.8 Å². The fourth-order valence-electron chi connectivity index (χ4n) is 4.52. The number of hydrogen-bond donors (Lipinski definition) is 1. The van der Waals surface area contributed by atoms with Gasteiger partial charge in [0.1, 0.15) is 11.4 Å². The first-order valence-corrected chi connectivity index (χ1v) is 10.3. The highest BCUT2D eigenvalue weighted by Gasteiger charge is 2.31. The van der Waals surface area contributed by atoms with Gasteiger partial charge in [-0.25, -0.2) is 4.68 Å². The van der Waals surface area contributed by atoms with Gasteiger partial charge in [-0.2, -0.15) is 5.10 Å². The zero-order chi connectivity index (χ0) is 18.9. The SMILES string of the molecule is O=C(c1c(-c2ccc3[nH]ncc3c2)nnn1CC1CCOCC1)C1CCCC1. The molecule has 0 atom stereocenters. The van der Waals surface area contributed by atoms with E-state index < -0.39 is 0 Å². The summed E-state index contributed by atoms with van der Waals surface area (Å²) in [6, 6.07) is 6.01. The van der Waals surface area contributed by atoms with Crippen LogP contribution in [0.15, 0.2) is 24.4 Å². The van der Waals surface area contributed by atoms with Gasteiger partial charge in [-0.1, -0.05) is 24.1 Å². The van der Waals surface area contributed by atoms with Gasteiger partial charge in [0.2, 0.25) is 0 Å². The van der Waals surface area contributed by atoms with Gasteiger partial charge in [0.25, 0.3) is 0 Å². The zero-order valence-electron chi connectivity index (χ0n) is 15.9. The highest BCUT2D eigenvalue weighted by molar-refractivity contribution is 6.02. The first-order chi connectivity index (χ1) is 13.8. The molecular weight excluding hydrogens is 354 g/mol. The van der Waals surface area contributed by atoms with Crippen LogP contribution >= 0.6 is 0 Å². The third kappa shape index (κ3) is 3.24. The monoisotopic (exact) mass is 379 g/mol. The van der Waals surface area contributed by atoms with Gasteiger partial charge in [0.15, 0.2) is 5.78 Å². The minimum absolute atomic E-state index is 0.100. The number of fused-ring (bicyclic) bond motifs is 1. The average molecular weight is 379 g/mol. The molecule has 0 radical (unpaired) electrons. The third-order valence-electron chi connectivity index (χ3n) is 6.18. The predicted octanol–water partition coefficient (Wildman–Crippen LogP) is 3.62. The van der Waals surface area contributed by atoms with Crippen LogP contribution in [0.2, 0.25) is 0 Å². The summed E-state index contributed by atoms with van der Waals surface area (Å²) in [6.45, 7) is 2.31. The molecule has 0 amide bonds. The van der Waals surface area contributed by atoms with Crippen LogP contribution in [-0.2, 0) is 11.3 Å². The predicted molar refractivity (Wildman–Crippen MR) is 105 cm³/mol. The van der Waals surface area contributed by atoms with Crippen LogP contribution in [0.5, 0.6) is 0 Å². The molecular formula is C21H25N5O2. The van der Waals surface area contributed by atoms with Crippen molar-refractivity contribution in [1.82, 2.24) is 25.2 Å². The van der Waals surface area contributed by atoms with Crippen molar-refractivity contribution in [3.63, 3.8) is 0 Å². The summed E-state index contributed by atoms with van der Waals surface area (Å²) in [5, 5.41) is 17.0. The van der Waals surface area contributed by atoms with Crippen LogP contribution in [0.3, 0.4) is 0 Å². The molecule has 28 heavy (non-hydrogen) atoms. The lowest BCUT2D eigenvalue weighted by atomic mass is 9.95. The highest BCUT2D eigenvalue weighted by atomic mass is 16.5. The summed E-state index contributed by atoms with van der Waals surface area (Å²) < 4.78 is 7.35. The van der Waals surface area contributed by atoms with E-state index in [2.05, 4.69) is 20.5 Å². The van der Waals surface area contributed by atoms with Gasteiger partial charge in [-0.05, 0) is 43.7 Å². The number of H-pyrrole nitrogens is 1. The van der Waals surface area contributed by atoms with E-state index in [0.29, 0.717) is 17.3 Å². The Kier molecular flexibility index (Phi) is 4.68. The molecule has 7 heteroatoms. The van der Waals surface area contributed by atoms with E-state index in [1.54, 1.807) is 6.20 Å². The van der Waals surface area contributed by atoms with Gasteiger partial charge < -0.3 is 4.74 Å². The van der Waals surface area contributed by atoms with Gasteiger partial charge >= 0.3 is 0 Å². The summed E-state index contributed by atoms with van der Waals surface area (Å²) in [6.07, 6.45) is 8.02. The number of ether oxygens (including phenoxy) is 1. The number of aromatic amines is 1. The molecule has 1 aromatic carbocycles. The molecule has 0 spiro atoms. The average Bonchev–Trinajstić information content (AvgIpc) is 3.48. The second-order valence-corrected chi connectivity index (χ2v) is 8.04. The Balaban J connectivity index is 1.54. The van der Waals surface area contributed by atoms with Crippen LogP contribution in [0, 0.1) is 11.8 Å². The number of ketones is 1. The Hall–Kier alpha value is -2.54. The molecule has 7 nitrogen and oxygen atoms in total. The molecule has 3 aromatic rings. The van der Waals surface area contributed by atoms with E-state index >= 15 is 0 Å². The summed E-state index contributed by atoms with van der Waals surface area (Å²) in [5.41, 5.74) is 3.28. The number of hydrogen-bond acceptors (Lipinski definition) is 5. The minimum atomic E-state index is 0.100. The summed E-state index contributed by atoms with van der Waals surface area (Å²) in [7, 11) is 0. The van der Waals surface area contributed by atoms with E-state index in [1.165, 1.54) is 0 Å². The smallest absolute Gasteiger partial charge is 0.186 e. The number of aromatic nitrogens is 5. The number of carbonyl (C=O) groups excluding carboxylic acids is 1. The fourth-order valence-corrected chi connectivity index (χ4v) is 4.52. The molecule has 146 valence electrons. The maximum atomic E-state index is 13.4. The molecule has 0 bridgehead atoms. The second kappa shape index (κ2) is 7.47. The Morgan fingerprint density at radius 2 is 2.00 bits per heavy atom. The quantitative estimate of drug-likeness (QED) is 0.684. The van der Waals surface area contributed by atoms with Crippen LogP contribution < -0.4 is 0 Å². The van der Waals surface area contributed by atoms with Crippen molar-refractivity contribution in [2.45, 2.75) is 45.1 Å². The van der Waals surface area contributed by atoms with E-state index in [4.69, 9.17) is 4.74 Å². The van der Waals surface area contributed by atoms with Gasteiger partial charge in [0, 0.05) is 36.6 Å². The Bertz CT molecular complexity index is 980. The molecule has 2 aromatic heterocycles. The molecule has 1 aliphatic heterocycles. The highest BCUT2D eigenvalue weighted by Crippen LogP contribution is 2.33. The van der Waals surface area contributed by atoms with E-state index in [-0.39, 0.29) is 11.7 Å². The summed E-state index contributed by atoms with van der Waals surface area (Å²) in [4.78, 5) is 13.4.